The summed E-state index contributed by atoms with van der Waals surface area (Å²) in [5.74, 6) is -2.75. The molecule has 374 valence electrons. The van der Waals surface area contributed by atoms with Crippen molar-refractivity contribution in [3.63, 3.8) is 0 Å². The van der Waals surface area contributed by atoms with Crippen molar-refractivity contribution in [2.45, 2.75) is 135 Å². The Morgan fingerprint density at radius 1 is 0.900 bits per heavy atom. The van der Waals surface area contributed by atoms with Crippen molar-refractivity contribution in [1.29, 1.82) is 0 Å². The van der Waals surface area contributed by atoms with Crippen LogP contribution in [0, 0.1) is 5.92 Å². The topological polar surface area (TPSA) is 279 Å². The number of aromatic nitrogens is 2. The van der Waals surface area contributed by atoms with E-state index in [9.17, 15) is 38.7 Å². The lowest BCUT2D eigenvalue weighted by Crippen LogP contribution is -2.59. The summed E-state index contributed by atoms with van der Waals surface area (Å²) in [6.07, 6.45) is 4.17. The standard InChI is InChI=1S/C51H65N9O10/c1-5-51(68)37-25-42-44-33(26-60(42)49(66)36(37)28-70-50(51)67)23-32-24-35(18-19-38(32)55-44)69-27-31-14-16-34(17-15-31)54-45(62)39(11-6-8-20-52)57-48(65)43(29(2)3)58-46(63)40(12-7-9-21-53)56-47(64)41-13-10-22-59(41)30(4)61/h14-19,23-25,29,39-41,43,68H,5-13,20-22,26-28,52-53H2,1-4H3,(H,54,62)(H,56,64)(H,57,65)(H,58,63)/t39-,40-,41?,43-,51?/m0/s1. The Morgan fingerprint density at radius 2 is 1.60 bits per heavy atom. The van der Waals surface area contributed by atoms with Crippen LogP contribution in [0.3, 0.4) is 0 Å². The zero-order valence-corrected chi connectivity index (χ0v) is 40.3. The molecule has 1 saturated heterocycles. The first-order valence-corrected chi connectivity index (χ1v) is 24.3. The number of anilines is 1. The molecule has 5 amide bonds. The van der Waals surface area contributed by atoms with Crippen LogP contribution >= 0.6 is 0 Å². The molecule has 2 aromatic heterocycles. The molecule has 2 aromatic carbocycles. The molecular formula is C51H65N9O10. The number of hydrogen-bond donors (Lipinski definition) is 7. The molecule has 19 heteroatoms. The Bertz CT molecular complexity index is 2690. The minimum atomic E-state index is -1.91. The monoisotopic (exact) mass is 963 g/mol. The van der Waals surface area contributed by atoms with Gasteiger partial charge in [0.25, 0.3) is 5.56 Å². The van der Waals surface area contributed by atoms with Gasteiger partial charge < -0.3 is 56.8 Å². The number of ether oxygens (including phenoxy) is 2. The van der Waals surface area contributed by atoms with Gasteiger partial charge in [0.05, 0.1) is 29.0 Å². The van der Waals surface area contributed by atoms with Gasteiger partial charge in [-0.2, -0.15) is 0 Å². The molecule has 0 bridgehead atoms. The quantitative estimate of drug-likeness (QED) is 0.0412. The number of unbranched alkanes of at least 4 members (excludes halogenated alkanes) is 2. The molecule has 5 heterocycles. The molecule has 1 fully saturated rings. The number of amides is 5. The molecule has 4 aromatic rings. The van der Waals surface area contributed by atoms with Gasteiger partial charge in [-0.3, -0.25) is 28.8 Å². The highest BCUT2D eigenvalue weighted by molar-refractivity contribution is 5.99. The maximum absolute atomic E-state index is 13.9. The van der Waals surface area contributed by atoms with Gasteiger partial charge in [0.15, 0.2) is 5.60 Å². The summed E-state index contributed by atoms with van der Waals surface area (Å²) >= 11 is 0. The number of fused-ring (bicyclic) bond motifs is 5. The number of esters is 1. The van der Waals surface area contributed by atoms with E-state index in [0.29, 0.717) is 92.9 Å². The highest BCUT2D eigenvalue weighted by Gasteiger charge is 2.45. The van der Waals surface area contributed by atoms with Gasteiger partial charge in [0.2, 0.25) is 29.5 Å². The SMILES string of the molecule is CCC1(O)C(=O)OCc2c1cc1n(c2=O)Cc2cc3cc(OCc4ccc(NC(=O)[C@H](CCCCN)NC(=O)[C@@H](NC(=O)[C@H](CCCCN)NC(=O)C5CCCN5C(C)=O)C(C)C)cc4)ccc3nc2-1. The number of carbonyl (C=O) groups is 6. The number of hydrogen-bond acceptors (Lipinski definition) is 13. The summed E-state index contributed by atoms with van der Waals surface area (Å²) < 4.78 is 12.9. The van der Waals surface area contributed by atoms with Gasteiger partial charge in [-0.25, -0.2) is 9.78 Å². The molecule has 5 atom stereocenters. The lowest BCUT2D eigenvalue weighted by atomic mass is 9.86. The Balaban J connectivity index is 0.972. The van der Waals surface area contributed by atoms with E-state index in [4.69, 9.17) is 25.9 Å². The molecule has 19 nitrogen and oxygen atoms in total. The van der Waals surface area contributed by atoms with Crippen LogP contribution < -0.4 is 43.0 Å². The van der Waals surface area contributed by atoms with Crippen LogP contribution in [-0.2, 0) is 58.9 Å². The minimum absolute atomic E-state index is 0.0558. The Kier molecular flexibility index (Phi) is 16.3. The van der Waals surface area contributed by atoms with E-state index < -0.39 is 59.4 Å². The predicted octanol–water partition coefficient (Wildman–Crippen LogP) is 2.98. The largest absolute Gasteiger partial charge is 0.489 e. The summed E-state index contributed by atoms with van der Waals surface area (Å²) in [5.41, 5.74) is 13.7. The van der Waals surface area contributed by atoms with Crippen molar-refractivity contribution in [2.24, 2.45) is 17.4 Å². The molecule has 70 heavy (non-hydrogen) atoms. The smallest absolute Gasteiger partial charge is 0.343 e. The van der Waals surface area contributed by atoms with E-state index in [0.717, 1.165) is 16.5 Å². The second-order valence-electron chi connectivity index (χ2n) is 18.7. The summed E-state index contributed by atoms with van der Waals surface area (Å²) in [4.78, 5) is 99.5. The van der Waals surface area contributed by atoms with Gasteiger partial charge in [-0.1, -0.05) is 32.9 Å². The number of rotatable bonds is 21. The molecule has 0 radical (unpaired) electrons. The van der Waals surface area contributed by atoms with Crippen molar-refractivity contribution in [3.05, 3.63) is 87.2 Å². The number of nitrogens with two attached hydrogens (primary N) is 2. The molecule has 7 rings (SSSR count). The molecule has 0 aliphatic carbocycles. The Hall–Kier alpha value is -6.70. The highest BCUT2D eigenvalue weighted by atomic mass is 16.6. The Labute approximate surface area is 406 Å². The number of carbonyl (C=O) groups excluding carboxylic acids is 6. The van der Waals surface area contributed by atoms with Crippen molar-refractivity contribution < 1.29 is 43.3 Å². The maximum Gasteiger partial charge on any atom is 0.343 e. The first-order chi connectivity index (χ1) is 33.6. The number of likely N-dealkylation sites (tertiary alicyclic amines) is 1. The third kappa shape index (κ3) is 11.2. The molecule has 3 aliphatic rings. The number of benzene rings is 2. The van der Waals surface area contributed by atoms with Crippen LogP contribution in [-0.4, -0.2) is 98.9 Å². The number of nitrogens with zero attached hydrogens (tertiary/aromatic N) is 3. The normalized spacial score (nSPS) is 18.3. The molecule has 2 unspecified atom stereocenters. The first-order valence-electron chi connectivity index (χ1n) is 24.3. The fourth-order valence-electron chi connectivity index (χ4n) is 9.39. The third-order valence-electron chi connectivity index (χ3n) is 13.5. The van der Waals surface area contributed by atoms with Crippen molar-refractivity contribution in [2.75, 3.05) is 25.0 Å². The summed E-state index contributed by atoms with van der Waals surface area (Å²) in [6, 6.07) is 12.6. The van der Waals surface area contributed by atoms with Crippen LogP contribution in [0.2, 0.25) is 0 Å². The maximum atomic E-state index is 13.9. The second-order valence-corrected chi connectivity index (χ2v) is 18.7. The van der Waals surface area contributed by atoms with E-state index in [1.54, 1.807) is 49.6 Å². The highest BCUT2D eigenvalue weighted by Crippen LogP contribution is 2.39. The van der Waals surface area contributed by atoms with Gasteiger partial charge in [0, 0.05) is 35.7 Å². The van der Waals surface area contributed by atoms with Crippen LogP contribution in [0.4, 0.5) is 5.69 Å². The van der Waals surface area contributed by atoms with Crippen molar-refractivity contribution >= 4 is 52.1 Å². The number of aliphatic hydroxyl groups is 1. The van der Waals surface area contributed by atoms with E-state index in [2.05, 4.69) is 21.3 Å². The lowest BCUT2D eigenvalue weighted by molar-refractivity contribution is -0.172. The van der Waals surface area contributed by atoms with Crippen molar-refractivity contribution in [3.8, 4) is 17.1 Å². The zero-order chi connectivity index (χ0) is 50.3. The van der Waals surface area contributed by atoms with E-state index in [-0.39, 0.29) is 61.1 Å². The van der Waals surface area contributed by atoms with E-state index >= 15 is 0 Å². The zero-order valence-electron chi connectivity index (χ0n) is 40.3. The van der Waals surface area contributed by atoms with E-state index in [1.807, 2.05) is 30.3 Å². The average Bonchev–Trinajstić information content (AvgIpc) is 3.99. The van der Waals surface area contributed by atoms with Gasteiger partial charge in [-0.05, 0) is 125 Å². The third-order valence-corrected chi connectivity index (χ3v) is 13.5. The van der Waals surface area contributed by atoms with Gasteiger partial charge in [0.1, 0.15) is 43.1 Å². The van der Waals surface area contributed by atoms with E-state index in [1.165, 1.54) is 11.8 Å². The van der Waals surface area contributed by atoms with Crippen LogP contribution in [0.25, 0.3) is 22.3 Å². The minimum Gasteiger partial charge on any atom is -0.489 e. The van der Waals surface area contributed by atoms with Gasteiger partial charge in [-0.15, -0.1) is 0 Å². The summed E-state index contributed by atoms with van der Waals surface area (Å²) in [5, 5.41) is 23.4. The molecule has 0 spiro atoms. The second kappa shape index (κ2) is 22.4. The number of cyclic esters (lactones) is 1. The fraction of sp³-hybridized carbons (Fsp3) is 0.490. The lowest BCUT2D eigenvalue weighted by Gasteiger charge is -2.31. The molecule has 9 N–H and O–H groups in total. The molecule has 3 aliphatic heterocycles. The summed E-state index contributed by atoms with van der Waals surface area (Å²) in [6.45, 7) is 8.18. The van der Waals surface area contributed by atoms with Crippen molar-refractivity contribution in [1.82, 2.24) is 30.4 Å². The number of pyridine rings is 2. The predicted molar refractivity (Wildman–Crippen MR) is 261 cm³/mol. The summed E-state index contributed by atoms with van der Waals surface area (Å²) in [7, 11) is 0. The van der Waals surface area contributed by atoms with Gasteiger partial charge >= 0.3 is 5.97 Å². The first kappa shape index (κ1) is 51.2. The van der Waals surface area contributed by atoms with Crippen LogP contribution in [0.15, 0.2) is 59.4 Å². The molecule has 0 saturated carbocycles. The molecular weight excluding hydrogens is 899 g/mol. The average molecular weight is 964 g/mol. The number of nitrogens with one attached hydrogen (secondary N) is 4. The van der Waals surface area contributed by atoms with Crippen LogP contribution in [0.1, 0.15) is 108 Å². The van der Waals surface area contributed by atoms with Crippen LogP contribution in [0.5, 0.6) is 5.75 Å². The Morgan fingerprint density at radius 3 is 2.26 bits per heavy atom. The fourth-order valence-corrected chi connectivity index (χ4v) is 9.39.